The van der Waals surface area contributed by atoms with Gasteiger partial charge in [0.15, 0.2) is 0 Å². The van der Waals surface area contributed by atoms with Gasteiger partial charge in [0.05, 0.1) is 0 Å². The number of anilines is 2. The predicted octanol–water partition coefficient (Wildman–Crippen LogP) is 3.54. The molecule has 0 aliphatic carbocycles. The van der Waals surface area contributed by atoms with E-state index in [2.05, 4.69) is 121 Å². The molecular weight excluding hydrogens is 399 g/mol. The van der Waals surface area contributed by atoms with Gasteiger partial charge in [0, 0.05) is 0 Å². The minimum atomic E-state index is -3.09. The van der Waals surface area contributed by atoms with Crippen molar-refractivity contribution in [2.45, 2.75) is 6.92 Å². The summed E-state index contributed by atoms with van der Waals surface area (Å²) in [6.45, 7) is 3.22. The third-order valence-electron chi connectivity index (χ3n) is 5.93. The van der Waals surface area contributed by atoms with Crippen molar-refractivity contribution < 1.29 is 0 Å². The molecular formula is C26H23GeN. The van der Waals surface area contributed by atoms with Crippen molar-refractivity contribution in [1.29, 1.82) is 0 Å². The molecule has 1 heterocycles. The molecule has 4 aromatic carbocycles. The summed E-state index contributed by atoms with van der Waals surface area (Å²) in [5.74, 6) is 0. The molecule has 1 nitrogen and oxygen atoms in total. The van der Waals surface area contributed by atoms with Crippen molar-refractivity contribution in [3.05, 3.63) is 109 Å². The molecule has 1 aliphatic rings. The van der Waals surface area contributed by atoms with Crippen LogP contribution in [0.25, 0.3) is 0 Å². The van der Waals surface area contributed by atoms with Crippen LogP contribution in [0.3, 0.4) is 0 Å². The molecule has 0 aromatic heterocycles. The predicted molar refractivity (Wildman–Crippen MR) is 123 cm³/mol. The van der Waals surface area contributed by atoms with Gasteiger partial charge in [0.1, 0.15) is 0 Å². The van der Waals surface area contributed by atoms with Gasteiger partial charge in [-0.2, -0.15) is 0 Å². The van der Waals surface area contributed by atoms with Gasteiger partial charge in [-0.05, 0) is 0 Å². The van der Waals surface area contributed by atoms with E-state index in [1.54, 1.807) is 0 Å². The van der Waals surface area contributed by atoms with Gasteiger partial charge in [0.25, 0.3) is 0 Å². The summed E-state index contributed by atoms with van der Waals surface area (Å²) in [4.78, 5) is 2.49. The summed E-state index contributed by atoms with van der Waals surface area (Å²) in [5, 5.41) is 0. The van der Waals surface area contributed by atoms with Crippen molar-refractivity contribution in [2.75, 3.05) is 11.4 Å². The summed E-state index contributed by atoms with van der Waals surface area (Å²) >= 11 is -3.09. The molecule has 1 aliphatic heterocycles. The van der Waals surface area contributed by atoms with Crippen LogP contribution in [0.2, 0.25) is 0 Å². The van der Waals surface area contributed by atoms with Crippen molar-refractivity contribution in [2.24, 2.45) is 0 Å². The third kappa shape index (κ3) is 2.39. The van der Waals surface area contributed by atoms with Gasteiger partial charge in [-0.1, -0.05) is 0 Å². The molecule has 0 atom stereocenters. The maximum atomic E-state index is 2.49. The Balaban J connectivity index is 1.98. The van der Waals surface area contributed by atoms with E-state index in [1.807, 2.05) is 0 Å². The zero-order chi connectivity index (χ0) is 19.0. The Kier molecular flexibility index (Phi) is 4.33. The standard InChI is InChI=1S/C26H23GeN/c1-2-28-25-19-11-9-17-23(25)27(21-13-5-3-6-14-21,22-15-7-4-8-16-22)24-18-10-12-20-26(24)28/h3-20H,2H2,1H3. The number of rotatable bonds is 3. The summed E-state index contributed by atoms with van der Waals surface area (Å²) in [7, 11) is 0. The molecule has 0 saturated heterocycles. The number of fused-ring (bicyclic) bond motifs is 2. The molecule has 0 bridgehead atoms. The van der Waals surface area contributed by atoms with E-state index in [1.165, 1.54) is 29.0 Å². The molecule has 0 saturated carbocycles. The number of benzene rings is 4. The molecule has 4 aromatic rings. The Bertz CT molecular complexity index is 1020. The van der Waals surface area contributed by atoms with Crippen LogP contribution in [0.15, 0.2) is 109 Å². The van der Waals surface area contributed by atoms with E-state index in [0.717, 1.165) is 6.54 Å². The Hall–Kier alpha value is -2.78. The first-order valence-corrected chi connectivity index (χ1v) is 14.1. The van der Waals surface area contributed by atoms with Gasteiger partial charge in [-0.15, -0.1) is 0 Å². The fraction of sp³-hybridized carbons (Fsp3) is 0.0769. The first kappa shape index (κ1) is 17.3. The second-order valence-corrected chi connectivity index (χ2v) is 15.1. The quantitative estimate of drug-likeness (QED) is 0.457. The fourth-order valence-corrected chi connectivity index (χ4v) is 15.6. The zero-order valence-corrected chi connectivity index (χ0v) is 18.1. The molecule has 136 valence electrons. The van der Waals surface area contributed by atoms with Crippen molar-refractivity contribution in [3.63, 3.8) is 0 Å². The second-order valence-electron chi connectivity index (χ2n) is 7.26. The summed E-state index contributed by atoms with van der Waals surface area (Å²) in [6.07, 6.45) is 0. The molecule has 0 spiro atoms. The summed E-state index contributed by atoms with van der Waals surface area (Å²) < 4.78 is 6.04. The Labute approximate surface area is 169 Å². The number of nitrogens with zero attached hydrogens (tertiary/aromatic N) is 1. The van der Waals surface area contributed by atoms with E-state index in [0.29, 0.717) is 0 Å². The maximum absolute atomic E-state index is 3.09. The summed E-state index contributed by atoms with van der Waals surface area (Å²) in [6, 6.07) is 40.6. The van der Waals surface area contributed by atoms with Crippen LogP contribution >= 0.6 is 0 Å². The molecule has 28 heavy (non-hydrogen) atoms. The van der Waals surface area contributed by atoms with E-state index < -0.39 is 13.3 Å². The van der Waals surface area contributed by atoms with E-state index in [-0.39, 0.29) is 0 Å². The van der Waals surface area contributed by atoms with Gasteiger partial charge < -0.3 is 0 Å². The molecule has 0 radical (unpaired) electrons. The van der Waals surface area contributed by atoms with Crippen LogP contribution in [0.4, 0.5) is 11.4 Å². The number of para-hydroxylation sites is 2. The van der Waals surface area contributed by atoms with E-state index in [9.17, 15) is 0 Å². The van der Waals surface area contributed by atoms with Gasteiger partial charge in [-0.3, -0.25) is 0 Å². The monoisotopic (exact) mass is 423 g/mol. The van der Waals surface area contributed by atoms with E-state index in [4.69, 9.17) is 0 Å². The molecule has 0 fully saturated rings. The fourth-order valence-electron chi connectivity index (χ4n) is 4.83. The average Bonchev–Trinajstić information content (AvgIpc) is 2.78. The van der Waals surface area contributed by atoms with Crippen LogP contribution in [0, 0.1) is 0 Å². The topological polar surface area (TPSA) is 3.24 Å². The Morgan fingerprint density at radius 2 is 0.929 bits per heavy atom. The molecule has 0 amide bonds. The van der Waals surface area contributed by atoms with Crippen LogP contribution in [0.1, 0.15) is 6.92 Å². The van der Waals surface area contributed by atoms with Gasteiger partial charge >= 0.3 is 170 Å². The molecule has 2 heteroatoms. The van der Waals surface area contributed by atoms with Crippen molar-refractivity contribution in [1.82, 2.24) is 0 Å². The van der Waals surface area contributed by atoms with Crippen LogP contribution in [-0.2, 0) is 0 Å². The van der Waals surface area contributed by atoms with Crippen LogP contribution in [0.5, 0.6) is 0 Å². The Morgan fingerprint density at radius 1 is 0.536 bits per heavy atom. The number of hydrogen-bond acceptors (Lipinski definition) is 1. The van der Waals surface area contributed by atoms with E-state index >= 15 is 0 Å². The SMILES string of the molecule is CCN1c2cccc[c]2[Ge]([c]2ccccc2)([c]2ccccc2)[c]2ccccc21. The normalized spacial score (nSPS) is 14.2. The molecule has 5 rings (SSSR count). The van der Waals surface area contributed by atoms with Gasteiger partial charge in [0.2, 0.25) is 0 Å². The summed E-state index contributed by atoms with van der Waals surface area (Å²) in [5.41, 5.74) is 2.74. The van der Waals surface area contributed by atoms with Crippen LogP contribution < -0.4 is 22.5 Å². The van der Waals surface area contributed by atoms with Crippen molar-refractivity contribution >= 4 is 42.2 Å². The third-order valence-corrected chi connectivity index (χ3v) is 16.1. The Morgan fingerprint density at radius 3 is 1.36 bits per heavy atom. The first-order chi connectivity index (χ1) is 13.9. The minimum absolute atomic E-state index is 0.968. The zero-order valence-electron chi connectivity index (χ0n) is 16.0. The van der Waals surface area contributed by atoms with Crippen LogP contribution in [-0.4, -0.2) is 19.8 Å². The number of hydrogen-bond donors (Lipinski definition) is 0. The molecule has 0 N–H and O–H groups in total. The molecule has 0 unspecified atom stereocenters. The van der Waals surface area contributed by atoms with Crippen molar-refractivity contribution in [3.8, 4) is 0 Å². The van der Waals surface area contributed by atoms with Gasteiger partial charge in [-0.25, -0.2) is 0 Å². The average molecular weight is 422 g/mol. The second kappa shape index (κ2) is 6.99. The first-order valence-electron chi connectivity index (χ1n) is 9.95.